The predicted octanol–water partition coefficient (Wildman–Crippen LogP) is 6.01. The zero-order chi connectivity index (χ0) is 19.5. The molecule has 0 aliphatic carbocycles. The first kappa shape index (κ1) is 17.0. The fraction of sp³-hybridized carbons (Fsp3) is 0. The number of aromatic nitrogens is 3. The minimum atomic E-state index is 0.539. The molecule has 0 aliphatic rings. The third-order valence-electron chi connectivity index (χ3n) is 4.40. The molecule has 0 atom stereocenters. The van der Waals surface area contributed by atoms with Crippen LogP contribution < -0.4 is 9.47 Å². The summed E-state index contributed by atoms with van der Waals surface area (Å²) in [4.78, 5) is 4.18. The van der Waals surface area contributed by atoms with Crippen molar-refractivity contribution in [3.05, 3.63) is 103 Å². The smallest absolute Gasteiger partial charge is 0.219 e. The van der Waals surface area contributed by atoms with Gasteiger partial charge in [-0.2, -0.15) is 5.10 Å². The lowest BCUT2D eigenvalue weighted by Gasteiger charge is -2.10. The van der Waals surface area contributed by atoms with Gasteiger partial charge in [0.15, 0.2) is 0 Å². The maximum absolute atomic E-state index is 6.05. The zero-order valence-electron chi connectivity index (χ0n) is 15.5. The summed E-state index contributed by atoms with van der Waals surface area (Å²) in [6.07, 6.45) is 3.70. The number of rotatable bonds is 5. The van der Waals surface area contributed by atoms with Crippen molar-refractivity contribution < 1.29 is 9.47 Å². The molecule has 0 spiro atoms. The van der Waals surface area contributed by atoms with Gasteiger partial charge >= 0.3 is 0 Å². The molecule has 0 fully saturated rings. The second-order valence-corrected chi connectivity index (χ2v) is 6.48. The fourth-order valence-electron chi connectivity index (χ4n) is 3.05. The standard InChI is InChI=1S/C24H17N3O2/c1-2-12-23-18(7-1)17-27(26-23)19-8-5-9-20(15-19)28-21-10-6-11-22(16-21)29-24-13-3-4-14-25-24/h1-17H. The Labute approximate surface area is 167 Å². The number of pyridine rings is 1. The Morgan fingerprint density at radius 2 is 1.41 bits per heavy atom. The van der Waals surface area contributed by atoms with E-state index in [1.54, 1.807) is 6.20 Å². The summed E-state index contributed by atoms with van der Waals surface area (Å²) in [7, 11) is 0. The van der Waals surface area contributed by atoms with E-state index in [0.717, 1.165) is 22.3 Å². The van der Waals surface area contributed by atoms with E-state index >= 15 is 0 Å². The summed E-state index contributed by atoms with van der Waals surface area (Å²) in [6.45, 7) is 0. The van der Waals surface area contributed by atoms with Crippen molar-refractivity contribution in [3.63, 3.8) is 0 Å². The molecule has 5 rings (SSSR count). The highest BCUT2D eigenvalue weighted by atomic mass is 16.5. The lowest BCUT2D eigenvalue weighted by atomic mass is 10.2. The van der Waals surface area contributed by atoms with Gasteiger partial charge in [-0.05, 0) is 36.4 Å². The number of fused-ring (bicyclic) bond motifs is 1. The van der Waals surface area contributed by atoms with Crippen LogP contribution in [0.5, 0.6) is 23.1 Å². The molecule has 2 heterocycles. The van der Waals surface area contributed by atoms with Gasteiger partial charge in [0.1, 0.15) is 17.2 Å². The number of hydrogen-bond acceptors (Lipinski definition) is 4. The maximum Gasteiger partial charge on any atom is 0.219 e. The van der Waals surface area contributed by atoms with E-state index in [1.165, 1.54) is 0 Å². The monoisotopic (exact) mass is 379 g/mol. The summed E-state index contributed by atoms with van der Waals surface area (Å²) < 4.78 is 13.7. The topological polar surface area (TPSA) is 49.2 Å². The van der Waals surface area contributed by atoms with Crippen molar-refractivity contribution in [2.24, 2.45) is 0 Å². The Kier molecular flexibility index (Phi) is 4.39. The lowest BCUT2D eigenvalue weighted by Crippen LogP contribution is -1.95. The molecular weight excluding hydrogens is 362 g/mol. The SMILES string of the molecule is c1ccc(Oc2cccc(Oc3cccc(-n4cc5ccccc5n4)c3)c2)nc1. The van der Waals surface area contributed by atoms with E-state index in [-0.39, 0.29) is 0 Å². The average Bonchev–Trinajstić information content (AvgIpc) is 3.19. The number of ether oxygens (including phenoxy) is 2. The minimum absolute atomic E-state index is 0.539. The molecule has 3 aromatic carbocycles. The third-order valence-corrected chi connectivity index (χ3v) is 4.40. The van der Waals surface area contributed by atoms with Crippen molar-refractivity contribution in [2.45, 2.75) is 0 Å². The van der Waals surface area contributed by atoms with Crippen LogP contribution in [0, 0.1) is 0 Å². The van der Waals surface area contributed by atoms with Gasteiger partial charge in [-0.15, -0.1) is 0 Å². The van der Waals surface area contributed by atoms with E-state index in [0.29, 0.717) is 17.4 Å². The first-order chi connectivity index (χ1) is 14.3. The fourth-order valence-corrected chi connectivity index (χ4v) is 3.05. The number of nitrogens with zero attached hydrogens (tertiary/aromatic N) is 3. The van der Waals surface area contributed by atoms with E-state index in [9.17, 15) is 0 Å². The van der Waals surface area contributed by atoms with E-state index in [4.69, 9.17) is 9.47 Å². The normalized spacial score (nSPS) is 10.8. The Balaban J connectivity index is 1.38. The Hall–Kier alpha value is -4.12. The molecule has 0 saturated heterocycles. The molecule has 0 bridgehead atoms. The second kappa shape index (κ2) is 7.48. The van der Waals surface area contributed by atoms with Crippen LogP contribution in [0.1, 0.15) is 0 Å². The molecule has 5 heteroatoms. The molecule has 0 aliphatic heterocycles. The molecule has 2 aromatic heterocycles. The summed E-state index contributed by atoms with van der Waals surface area (Å²) in [5, 5.41) is 5.72. The zero-order valence-corrected chi connectivity index (χ0v) is 15.5. The van der Waals surface area contributed by atoms with E-state index in [1.807, 2.05) is 102 Å². The van der Waals surface area contributed by atoms with Crippen molar-refractivity contribution in [3.8, 4) is 28.8 Å². The third kappa shape index (κ3) is 3.80. The molecule has 0 N–H and O–H groups in total. The van der Waals surface area contributed by atoms with Crippen molar-refractivity contribution in [2.75, 3.05) is 0 Å². The van der Waals surface area contributed by atoms with Crippen molar-refractivity contribution in [1.82, 2.24) is 14.8 Å². The first-order valence-corrected chi connectivity index (χ1v) is 9.25. The van der Waals surface area contributed by atoms with Gasteiger partial charge in [0, 0.05) is 36.0 Å². The van der Waals surface area contributed by atoms with Crippen LogP contribution in [0.4, 0.5) is 0 Å². The largest absolute Gasteiger partial charge is 0.457 e. The van der Waals surface area contributed by atoms with Crippen LogP contribution in [0.2, 0.25) is 0 Å². The number of benzene rings is 3. The molecule has 29 heavy (non-hydrogen) atoms. The molecule has 0 unspecified atom stereocenters. The molecule has 140 valence electrons. The Morgan fingerprint density at radius 1 is 0.655 bits per heavy atom. The van der Waals surface area contributed by atoms with Crippen LogP contribution in [-0.2, 0) is 0 Å². The summed E-state index contributed by atoms with van der Waals surface area (Å²) >= 11 is 0. The van der Waals surface area contributed by atoms with E-state index < -0.39 is 0 Å². The maximum atomic E-state index is 6.05. The molecule has 5 aromatic rings. The van der Waals surface area contributed by atoms with Gasteiger partial charge in [0.2, 0.25) is 5.88 Å². The van der Waals surface area contributed by atoms with Crippen LogP contribution in [-0.4, -0.2) is 14.8 Å². The van der Waals surface area contributed by atoms with Crippen molar-refractivity contribution >= 4 is 10.9 Å². The highest BCUT2D eigenvalue weighted by Crippen LogP contribution is 2.28. The van der Waals surface area contributed by atoms with Gasteiger partial charge in [-0.3, -0.25) is 0 Å². The first-order valence-electron chi connectivity index (χ1n) is 9.25. The van der Waals surface area contributed by atoms with Gasteiger partial charge in [0.25, 0.3) is 0 Å². The van der Waals surface area contributed by atoms with Gasteiger partial charge < -0.3 is 9.47 Å². The highest BCUT2D eigenvalue weighted by Gasteiger charge is 2.06. The molecule has 5 nitrogen and oxygen atoms in total. The highest BCUT2D eigenvalue weighted by molar-refractivity contribution is 5.78. The summed E-state index contributed by atoms with van der Waals surface area (Å²) in [5.74, 6) is 2.60. The van der Waals surface area contributed by atoms with Crippen LogP contribution in [0.15, 0.2) is 103 Å². The molecule has 0 radical (unpaired) electrons. The molecular formula is C24H17N3O2. The summed E-state index contributed by atoms with van der Waals surface area (Å²) in [6, 6.07) is 28.9. The van der Waals surface area contributed by atoms with Gasteiger partial charge in [-0.1, -0.05) is 36.4 Å². The van der Waals surface area contributed by atoms with E-state index in [2.05, 4.69) is 10.1 Å². The van der Waals surface area contributed by atoms with Crippen LogP contribution in [0.25, 0.3) is 16.6 Å². The van der Waals surface area contributed by atoms with Crippen LogP contribution >= 0.6 is 0 Å². The van der Waals surface area contributed by atoms with Crippen LogP contribution in [0.3, 0.4) is 0 Å². The Morgan fingerprint density at radius 3 is 2.24 bits per heavy atom. The lowest BCUT2D eigenvalue weighted by molar-refractivity contribution is 0.449. The van der Waals surface area contributed by atoms with Crippen molar-refractivity contribution in [1.29, 1.82) is 0 Å². The minimum Gasteiger partial charge on any atom is -0.457 e. The quantitative estimate of drug-likeness (QED) is 0.375. The second-order valence-electron chi connectivity index (χ2n) is 6.48. The predicted molar refractivity (Wildman–Crippen MR) is 112 cm³/mol. The summed E-state index contributed by atoms with van der Waals surface area (Å²) in [5.41, 5.74) is 1.89. The Bertz CT molecular complexity index is 1230. The average molecular weight is 379 g/mol. The van der Waals surface area contributed by atoms with Gasteiger partial charge in [-0.25, -0.2) is 9.67 Å². The van der Waals surface area contributed by atoms with Gasteiger partial charge in [0.05, 0.1) is 11.2 Å². The molecule has 0 saturated carbocycles. The number of hydrogen-bond donors (Lipinski definition) is 0. The molecule has 0 amide bonds.